The summed E-state index contributed by atoms with van der Waals surface area (Å²) in [6, 6.07) is 8.92. The summed E-state index contributed by atoms with van der Waals surface area (Å²) in [4.78, 5) is 28.4. The second-order valence-electron chi connectivity index (χ2n) is 9.14. The second kappa shape index (κ2) is 12.6. The molecule has 2 aliphatic heterocycles. The third kappa shape index (κ3) is 7.35. The topological polar surface area (TPSA) is 111 Å². The van der Waals surface area contributed by atoms with E-state index in [1.54, 1.807) is 18.5 Å². The van der Waals surface area contributed by atoms with Crippen LogP contribution in [0.25, 0.3) is 5.57 Å². The highest BCUT2D eigenvalue weighted by atomic mass is 35.5. The fraction of sp³-hybridized carbons (Fsp3) is 0.440. The number of halogens is 1. The molecule has 2 atom stereocenters. The number of aliphatic imine (C=N–C) groups is 1. The van der Waals surface area contributed by atoms with Gasteiger partial charge in [-0.15, -0.1) is 0 Å². The van der Waals surface area contributed by atoms with Gasteiger partial charge in [-0.05, 0) is 36.6 Å². The molecule has 10 nitrogen and oxygen atoms in total. The van der Waals surface area contributed by atoms with E-state index in [1.807, 2.05) is 48.6 Å². The lowest BCUT2D eigenvalue weighted by atomic mass is 10.1. The predicted octanol–water partition coefficient (Wildman–Crippen LogP) is 1.86. The maximum absolute atomic E-state index is 13.1. The predicted molar refractivity (Wildman–Crippen MR) is 144 cm³/mol. The number of aromatic nitrogens is 2. The molecule has 0 aliphatic carbocycles. The first-order valence-electron chi connectivity index (χ1n) is 12.3. The van der Waals surface area contributed by atoms with Crippen LogP contribution in [0.1, 0.15) is 24.2 Å². The molecule has 1 aromatic carbocycles. The zero-order chi connectivity index (χ0) is 26.3. The van der Waals surface area contributed by atoms with E-state index in [9.17, 15) is 13.2 Å². The molecule has 1 saturated heterocycles. The van der Waals surface area contributed by atoms with E-state index in [4.69, 9.17) is 16.6 Å². The average molecular weight is 546 g/mol. The van der Waals surface area contributed by atoms with Gasteiger partial charge in [0.2, 0.25) is 16.4 Å². The number of piperazine rings is 1. The molecule has 3 heterocycles. The molecular formula is C25H32ClN7O3S. The van der Waals surface area contributed by atoms with Gasteiger partial charge in [0, 0.05) is 81.1 Å². The number of sulfonamides is 1. The highest BCUT2D eigenvalue weighted by molar-refractivity contribution is 7.89. The number of hydrogen-bond acceptors (Lipinski definition) is 8. The Balaban J connectivity index is 1.29. The van der Waals surface area contributed by atoms with Crippen molar-refractivity contribution in [3.05, 3.63) is 65.3 Å². The van der Waals surface area contributed by atoms with Crippen molar-refractivity contribution in [3.8, 4) is 0 Å². The molecule has 2 aromatic rings. The molecule has 1 N–H and O–H groups in total. The van der Waals surface area contributed by atoms with Gasteiger partial charge in [-0.3, -0.25) is 14.7 Å². The van der Waals surface area contributed by atoms with Crippen molar-refractivity contribution >= 4 is 39.8 Å². The minimum absolute atomic E-state index is 0.130. The van der Waals surface area contributed by atoms with Gasteiger partial charge in [-0.2, -0.15) is 4.31 Å². The third-order valence-corrected chi connectivity index (χ3v) is 8.70. The van der Waals surface area contributed by atoms with Crippen molar-refractivity contribution in [2.45, 2.75) is 31.6 Å². The summed E-state index contributed by atoms with van der Waals surface area (Å²) in [7, 11) is -1.58. The third-order valence-electron chi connectivity index (χ3n) is 6.49. The zero-order valence-electron chi connectivity index (χ0n) is 20.8. The van der Waals surface area contributed by atoms with Crippen molar-refractivity contribution in [1.82, 2.24) is 29.4 Å². The number of nitrogens with one attached hydrogen (secondary N) is 1. The first-order valence-corrected chi connectivity index (χ1v) is 14.2. The van der Waals surface area contributed by atoms with Gasteiger partial charge in [0.25, 0.3) is 0 Å². The van der Waals surface area contributed by atoms with Crippen molar-refractivity contribution < 1.29 is 13.2 Å². The Morgan fingerprint density at radius 2 is 1.92 bits per heavy atom. The van der Waals surface area contributed by atoms with Crippen LogP contribution in [-0.2, 0) is 21.2 Å². The molecule has 37 heavy (non-hydrogen) atoms. The zero-order valence-corrected chi connectivity index (χ0v) is 22.4. The van der Waals surface area contributed by atoms with Crippen LogP contribution in [0.5, 0.6) is 0 Å². The molecular weight excluding hydrogens is 514 g/mol. The van der Waals surface area contributed by atoms with E-state index in [0.717, 1.165) is 11.1 Å². The number of nitrogens with zero attached hydrogens (tertiary/aromatic N) is 6. The highest BCUT2D eigenvalue weighted by Crippen LogP contribution is 2.23. The number of aryl methyl sites for hydroxylation is 1. The van der Waals surface area contributed by atoms with Crippen molar-refractivity contribution in [2.75, 3.05) is 39.0 Å². The summed E-state index contributed by atoms with van der Waals surface area (Å²) < 4.78 is 27.8. The van der Waals surface area contributed by atoms with Crippen LogP contribution in [0.15, 0.2) is 53.9 Å². The van der Waals surface area contributed by atoms with Gasteiger partial charge >= 0.3 is 0 Å². The monoisotopic (exact) mass is 545 g/mol. The number of carbonyl (C=O) groups excluding carboxylic acids is 1. The molecule has 4 rings (SSSR count). The Hall–Kier alpha value is -2.86. The summed E-state index contributed by atoms with van der Waals surface area (Å²) >= 11 is 6.13. The summed E-state index contributed by atoms with van der Waals surface area (Å²) in [6.07, 6.45) is 9.43. The summed E-state index contributed by atoms with van der Waals surface area (Å²) in [5.41, 5.74) is 1.96. The van der Waals surface area contributed by atoms with E-state index in [0.29, 0.717) is 62.7 Å². The molecule has 12 heteroatoms. The van der Waals surface area contributed by atoms with Crippen LogP contribution in [0.2, 0.25) is 5.02 Å². The second-order valence-corrected chi connectivity index (χ2v) is 11.6. The molecule has 2 unspecified atom stereocenters. The molecule has 1 amide bonds. The number of allylic oxidation sites excluding steroid dienone is 1. The van der Waals surface area contributed by atoms with Gasteiger partial charge in [-0.1, -0.05) is 23.7 Å². The summed E-state index contributed by atoms with van der Waals surface area (Å²) in [5.74, 6) is 0.574. The fourth-order valence-corrected chi connectivity index (χ4v) is 6.48. The van der Waals surface area contributed by atoms with Crippen molar-refractivity contribution in [2.24, 2.45) is 4.99 Å². The van der Waals surface area contributed by atoms with E-state index >= 15 is 0 Å². The Bertz CT molecular complexity index is 1220. The molecule has 2 aliphatic rings. The van der Waals surface area contributed by atoms with Crippen LogP contribution in [0, 0.1) is 0 Å². The minimum atomic E-state index is -3.54. The van der Waals surface area contributed by atoms with Crippen LogP contribution >= 0.6 is 11.6 Å². The average Bonchev–Trinajstić information content (AvgIpc) is 2.89. The molecule has 198 valence electrons. The standard InChI is InChI=1S/C25H32ClN7O3S/c1-31-17-21(20-5-2-6-22(26)15-20)16-29-25(31)32-11-13-33(14-12-32)37(35,36)18-23(30-19-34)7-3-8-24-27-9-4-10-28-24/h2,4-6,9-10,15-17,19,23,25H,3,7-8,11-14,18H2,1H3,(H,30,34). The van der Waals surface area contributed by atoms with Crippen LogP contribution in [0.3, 0.4) is 0 Å². The molecule has 0 radical (unpaired) electrons. The van der Waals surface area contributed by atoms with Crippen LogP contribution < -0.4 is 5.32 Å². The van der Waals surface area contributed by atoms with Crippen molar-refractivity contribution in [1.29, 1.82) is 0 Å². The highest BCUT2D eigenvalue weighted by Gasteiger charge is 2.33. The fourth-order valence-electron chi connectivity index (χ4n) is 4.59. The van der Waals surface area contributed by atoms with E-state index in [2.05, 4.69) is 20.2 Å². The van der Waals surface area contributed by atoms with E-state index in [-0.39, 0.29) is 12.0 Å². The molecule has 0 spiro atoms. The molecule has 1 aromatic heterocycles. The van der Waals surface area contributed by atoms with Gasteiger partial charge in [-0.25, -0.2) is 18.4 Å². The van der Waals surface area contributed by atoms with Gasteiger partial charge in [0.05, 0.1) is 5.75 Å². The number of amides is 1. The molecule has 0 saturated carbocycles. The van der Waals surface area contributed by atoms with E-state index < -0.39 is 16.1 Å². The first-order chi connectivity index (χ1) is 17.9. The molecule has 1 fully saturated rings. The smallest absolute Gasteiger partial charge is 0.216 e. The number of rotatable bonds is 11. The first kappa shape index (κ1) is 27.2. The molecule has 0 bridgehead atoms. The Morgan fingerprint density at radius 3 is 2.59 bits per heavy atom. The maximum atomic E-state index is 13.1. The SMILES string of the molecule is CN1C=C(c2cccc(Cl)c2)C=NC1N1CCN(S(=O)(=O)CC(CCCc2ncccn2)NC=O)CC1. The van der Waals surface area contributed by atoms with Crippen LogP contribution in [-0.4, -0.2) is 96.4 Å². The minimum Gasteiger partial charge on any atom is -0.355 e. The number of carbonyl (C=O) groups is 1. The Labute approximate surface area is 223 Å². The Kier molecular flexibility index (Phi) is 9.25. The van der Waals surface area contributed by atoms with Crippen LogP contribution in [0.4, 0.5) is 0 Å². The lowest BCUT2D eigenvalue weighted by Gasteiger charge is -2.41. The normalized spacial score (nSPS) is 19.9. The van der Waals surface area contributed by atoms with Crippen molar-refractivity contribution in [3.63, 3.8) is 0 Å². The maximum Gasteiger partial charge on any atom is 0.216 e. The largest absolute Gasteiger partial charge is 0.355 e. The summed E-state index contributed by atoms with van der Waals surface area (Å²) in [6.45, 7) is 1.86. The lowest BCUT2D eigenvalue weighted by molar-refractivity contribution is -0.110. The van der Waals surface area contributed by atoms with E-state index in [1.165, 1.54) is 4.31 Å². The van der Waals surface area contributed by atoms with Gasteiger partial charge in [0.1, 0.15) is 5.82 Å². The van der Waals surface area contributed by atoms with Gasteiger partial charge in [0.15, 0.2) is 6.29 Å². The van der Waals surface area contributed by atoms with Gasteiger partial charge < -0.3 is 10.2 Å². The Morgan fingerprint density at radius 1 is 1.16 bits per heavy atom. The lowest BCUT2D eigenvalue weighted by Crippen LogP contribution is -2.56. The summed E-state index contributed by atoms with van der Waals surface area (Å²) in [5, 5.41) is 3.34. The quantitative estimate of drug-likeness (QED) is 0.429. The number of benzene rings is 1. The number of hydrogen-bond donors (Lipinski definition) is 1.